The van der Waals surface area contributed by atoms with Gasteiger partial charge < -0.3 is 21.0 Å². The molecule has 2 atom stereocenters. The molecule has 0 aromatic heterocycles. The lowest BCUT2D eigenvalue weighted by Gasteiger charge is -2.23. The number of amides is 2. The number of carbonyl (C=O) groups excluding carboxylic acids is 2. The van der Waals surface area contributed by atoms with Crippen molar-refractivity contribution in [1.82, 2.24) is 5.32 Å². The van der Waals surface area contributed by atoms with Gasteiger partial charge in [0.05, 0.1) is 12.0 Å². The number of aliphatic carboxylic acids is 1. The van der Waals surface area contributed by atoms with Crippen LogP contribution in [0.4, 0.5) is 4.79 Å². The fraction of sp³-hybridized carbons (Fsp3) is 0.714. The Labute approximate surface area is 70.9 Å². The molecule has 0 saturated carbocycles. The number of hydrogen-bond donors (Lipinski definition) is 2. The molecule has 3 N–H and O–H groups in total. The van der Waals surface area contributed by atoms with Crippen LogP contribution in [-0.2, 0) is 4.79 Å². The molecule has 0 aliphatic rings. The zero-order valence-corrected chi connectivity index (χ0v) is 7.16. The molecule has 0 fully saturated rings. The minimum atomic E-state index is -1.30. The summed E-state index contributed by atoms with van der Waals surface area (Å²) in [7, 11) is 0. The normalized spacial score (nSPS) is 14.8. The standard InChI is InChI=1S/C7H14N2O3/c1-3-4(2)5(6(10)11)9-7(8)12/h4-5H,3H2,1-2H3,(H,10,11)(H3,8,9,12)/p-1/t4-,5-/m0/s1. The Morgan fingerprint density at radius 1 is 1.58 bits per heavy atom. The highest BCUT2D eigenvalue weighted by Crippen LogP contribution is 2.06. The molecule has 12 heavy (non-hydrogen) atoms. The van der Waals surface area contributed by atoms with E-state index in [1.165, 1.54) is 0 Å². The van der Waals surface area contributed by atoms with E-state index >= 15 is 0 Å². The molecule has 0 aromatic carbocycles. The first kappa shape index (κ1) is 10.7. The monoisotopic (exact) mass is 173 g/mol. The molecule has 0 bridgehead atoms. The van der Waals surface area contributed by atoms with Crippen LogP contribution in [0.25, 0.3) is 0 Å². The lowest BCUT2D eigenvalue weighted by atomic mass is 10.00. The Bertz CT molecular complexity index is 181. The lowest BCUT2D eigenvalue weighted by Crippen LogP contribution is -2.52. The summed E-state index contributed by atoms with van der Waals surface area (Å²) in [5.74, 6) is -1.48. The first-order chi connectivity index (χ1) is 5.49. The number of carboxylic acid groups (broad SMARTS) is 1. The minimum absolute atomic E-state index is 0.178. The van der Waals surface area contributed by atoms with Crippen LogP contribution in [0.3, 0.4) is 0 Å². The average molecular weight is 173 g/mol. The van der Waals surface area contributed by atoms with Gasteiger partial charge in [0.25, 0.3) is 0 Å². The summed E-state index contributed by atoms with van der Waals surface area (Å²) < 4.78 is 0. The van der Waals surface area contributed by atoms with Crippen LogP contribution in [0.2, 0.25) is 0 Å². The van der Waals surface area contributed by atoms with E-state index in [0.29, 0.717) is 6.42 Å². The van der Waals surface area contributed by atoms with Gasteiger partial charge in [0, 0.05) is 0 Å². The summed E-state index contributed by atoms with van der Waals surface area (Å²) in [6.45, 7) is 3.53. The first-order valence-electron chi connectivity index (χ1n) is 3.75. The van der Waals surface area contributed by atoms with Crippen molar-refractivity contribution in [3.8, 4) is 0 Å². The van der Waals surface area contributed by atoms with E-state index < -0.39 is 18.0 Å². The van der Waals surface area contributed by atoms with Gasteiger partial charge in [0.1, 0.15) is 0 Å². The summed E-state index contributed by atoms with van der Waals surface area (Å²) >= 11 is 0. The van der Waals surface area contributed by atoms with Crippen molar-refractivity contribution < 1.29 is 14.7 Å². The highest BCUT2D eigenvalue weighted by molar-refractivity contribution is 5.80. The van der Waals surface area contributed by atoms with Crippen molar-refractivity contribution in [2.24, 2.45) is 11.7 Å². The predicted molar refractivity (Wildman–Crippen MR) is 41.0 cm³/mol. The van der Waals surface area contributed by atoms with Crippen LogP contribution < -0.4 is 16.2 Å². The number of rotatable bonds is 4. The number of primary amides is 1. The number of hydrogen-bond acceptors (Lipinski definition) is 3. The Balaban J connectivity index is 4.22. The lowest BCUT2D eigenvalue weighted by molar-refractivity contribution is -0.309. The SMILES string of the molecule is CC[C@H](C)[C@H](NC(N)=O)C(=O)[O-]. The molecule has 0 unspecified atom stereocenters. The second-order valence-electron chi connectivity index (χ2n) is 2.69. The van der Waals surface area contributed by atoms with Crippen LogP contribution in [0.15, 0.2) is 0 Å². The van der Waals surface area contributed by atoms with Gasteiger partial charge in [0.15, 0.2) is 0 Å². The van der Waals surface area contributed by atoms with Gasteiger partial charge in [0.2, 0.25) is 0 Å². The molecule has 0 heterocycles. The second-order valence-corrected chi connectivity index (χ2v) is 2.69. The summed E-state index contributed by atoms with van der Waals surface area (Å²) in [6, 6.07) is -1.84. The fourth-order valence-corrected chi connectivity index (χ4v) is 0.822. The third-order valence-corrected chi connectivity index (χ3v) is 1.76. The molecule has 70 valence electrons. The highest BCUT2D eigenvalue weighted by atomic mass is 16.4. The summed E-state index contributed by atoms with van der Waals surface area (Å²) in [5.41, 5.74) is 4.78. The molecule has 5 heteroatoms. The molecule has 0 aliphatic heterocycles. The van der Waals surface area contributed by atoms with Gasteiger partial charge in [-0.3, -0.25) is 0 Å². The molecule has 0 spiro atoms. The van der Waals surface area contributed by atoms with E-state index in [1.54, 1.807) is 6.92 Å². The van der Waals surface area contributed by atoms with Crippen molar-refractivity contribution in [2.45, 2.75) is 26.3 Å². The minimum Gasteiger partial charge on any atom is -0.548 e. The molecule has 0 saturated heterocycles. The number of carboxylic acids is 1. The van der Waals surface area contributed by atoms with Crippen LogP contribution in [0.1, 0.15) is 20.3 Å². The van der Waals surface area contributed by atoms with Crippen molar-refractivity contribution >= 4 is 12.0 Å². The van der Waals surface area contributed by atoms with Crippen LogP contribution in [-0.4, -0.2) is 18.0 Å². The van der Waals surface area contributed by atoms with E-state index in [1.807, 2.05) is 6.92 Å². The maximum atomic E-state index is 10.5. The van der Waals surface area contributed by atoms with Gasteiger partial charge in [-0.25, -0.2) is 4.79 Å². The Morgan fingerprint density at radius 3 is 2.33 bits per heavy atom. The zero-order chi connectivity index (χ0) is 9.72. The van der Waals surface area contributed by atoms with Crippen molar-refractivity contribution in [1.29, 1.82) is 0 Å². The summed E-state index contributed by atoms with van der Waals surface area (Å²) in [4.78, 5) is 20.8. The summed E-state index contributed by atoms with van der Waals surface area (Å²) in [5, 5.41) is 12.6. The van der Waals surface area contributed by atoms with Crippen LogP contribution >= 0.6 is 0 Å². The third-order valence-electron chi connectivity index (χ3n) is 1.76. The maximum Gasteiger partial charge on any atom is 0.312 e. The van der Waals surface area contributed by atoms with Crippen LogP contribution in [0, 0.1) is 5.92 Å². The van der Waals surface area contributed by atoms with Gasteiger partial charge in [-0.1, -0.05) is 20.3 Å². The predicted octanol–water partition coefficient (Wildman–Crippen LogP) is -1.18. The first-order valence-corrected chi connectivity index (χ1v) is 3.75. The van der Waals surface area contributed by atoms with E-state index in [0.717, 1.165) is 0 Å². The van der Waals surface area contributed by atoms with E-state index in [4.69, 9.17) is 5.73 Å². The molecular formula is C7H13N2O3-. The molecule has 5 nitrogen and oxygen atoms in total. The van der Waals surface area contributed by atoms with Gasteiger partial charge in [-0.15, -0.1) is 0 Å². The van der Waals surface area contributed by atoms with E-state index in [2.05, 4.69) is 5.32 Å². The zero-order valence-electron chi connectivity index (χ0n) is 7.16. The average Bonchev–Trinajstić information content (AvgIpc) is 1.98. The molecule has 0 radical (unpaired) electrons. The molecule has 0 rings (SSSR count). The highest BCUT2D eigenvalue weighted by Gasteiger charge is 2.17. The maximum absolute atomic E-state index is 10.5. The van der Waals surface area contributed by atoms with Gasteiger partial charge in [-0.05, 0) is 5.92 Å². The van der Waals surface area contributed by atoms with E-state index in [9.17, 15) is 14.7 Å². The smallest absolute Gasteiger partial charge is 0.312 e. The molecular weight excluding hydrogens is 160 g/mol. The Kier molecular flexibility index (Phi) is 4.10. The molecule has 2 amide bonds. The molecule has 0 aromatic rings. The van der Waals surface area contributed by atoms with Crippen molar-refractivity contribution in [3.63, 3.8) is 0 Å². The quantitative estimate of drug-likeness (QED) is 0.560. The number of nitrogens with two attached hydrogens (primary N) is 1. The van der Waals surface area contributed by atoms with Crippen molar-refractivity contribution in [2.75, 3.05) is 0 Å². The van der Waals surface area contributed by atoms with Gasteiger partial charge >= 0.3 is 6.03 Å². The van der Waals surface area contributed by atoms with Crippen LogP contribution in [0.5, 0.6) is 0 Å². The number of nitrogens with one attached hydrogen (secondary N) is 1. The third kappa shape index (κ3) is 3.23. The Hall–Kier alpha value is -1.26. The Morgan fingerprint density at radius 2 is 2.08 bits per heavy atom. The second kappa shape index (κ2) is 4.58. The summed E-state index contributed by atoms with van der Waals surface area (Å²) in [6.07, 6.45) is 0.638. The number of carbonyl (C=O) groups is 2. The number of urea groups is 1. The fourth-order valence-electron chi connectivity index (χ4n) is 0.822. The largest absolute Gasteiger partial charge is 0.548 e. The molecule has 0 aliphatic carbocycles. The van der Waals surface area contributed by atoms with Crippen molar-refractivity contribution in [3.05, 3.63) is 0 Å². The van der Waals surface area contributed by atoms with E-state index in [-0.39, 0.29) is 5.92 Å². The van der Waals surface area contributed by atoms with Gasteiger partial charge in [-0.2, -0.15) is 0 Å². The topological polar surface area (TPSA) is 95.2 Å².